The van der Waals surface area contributed by atoms with Gasteiger partial charge in [-0.3, -0.25) is 84.8 Å². The number of nitro benzene ring substituents is 4. The third-order valence-corrected chi connectivity index (χ3v) is 28.9. The number of nitro groups is 4. The number of allylic oxidation sites excluding steroid dienone is 2. The molecule has 11 aromatic carbocycles. The minimum absolute atomic E-state index is 0. The highest BCUT2D eigenvalue weighted by atomic mass is 32.2. The molecule has 0 amide bonds. The van der Waals surface area contributed by atoms with Crippen LogP contribution in [0, 0.1) is 40.5 Å². The van der Waals surface area contributed by atoms with Gasteiger partial charge in [0.15, 0.2) is 23.2 Å². The highest BCUT2D eigenvalue weighted by Crippen LogP contribution is 2.42. The van der Waals surface area contributed by atoms with Crippen molar-refractivity contribution in [2.24, 2.45) is 34.5 Å². The molecule has 0 bridgehead atoms. The van der Waals surface area contributed by atoms with Gasteiger partial charge in [0.25, 0.3) is 22.7 Å². The summed E-state index contributed by atoms with van der Waals surface area (Å²) in [5, 5.41) is 105. The molecule has 9 N–H and O–H groups in total. The minimum atomic E-state index is -0.421. The average molecular weight is 2100 g/mol. The number of non-ortho nitro benzene ring substituents is 4. The van der Waals surface area contributed by atoms with Crippen molar-refractivity contribution in [3.8, 4) is 101 Å². The number of nitrogens with zero attached hydrogens (tertiary/aromatic N) is 17. The summed E-state index contributed by atoms with van der Waals surface area (Å²) in [7, 11) is 3.94. The summed E-state index contributed by atoms with van der Waals surface area (Å²) >= 11 is 6.44. The number of rotatable bonds is 30. The Morgan fingerprint density at radius 3 is 1.27 bits per heavy atom. The van der Waals surface area contributed by atoms with Crippen LogP contribution >= 0.6 is 58.8 Å². The lowest BCUT2D eigenvalue weighted by Gasteiger charge is -2.10. The number of aromatic nitrogens is 13. The van der Waals surface area contributed by atoms with E-state index in [-0.39, 0.29) is 74.4 Å². The number of hydrogen-bond acceptors (Lipinski definition) is 30. The minimum Gasteiger partial charge on any atom is -0.412 e. The largest absolute Gasteiger partial charge is 0.412 e. The van der Waals surface area contributed by atoms with E-state index in [1.807, 2.05) is 199 Å². The SMILES string of the molecule is CC(=O)CSC1=NN=C(c2cc(-c3ccc4ccn(C)c4c3)cc([N+](=O)[O-])c2)C1.CC(=O)CSC1=NN=C(c2cc([NH2+]O)cc(-c3ccc(-c4ccn[nH]4)cc3)c2)C1.CC(=O)CSc1n[nH]c(-c2cc(-c3ccc4c(c3)C(c3ccccc3)=CC4)cc([N+](=O)[O-])c2)n1.CC(=O)CSc1n[nH]c(-c2cc(-c3ccc4c(c3)C=CC4)cc([N+](=O)[O-])c2)n1.CC(=O)CSc1n[nH]c(-c2cc(-c3ccc4c(ccn4C)c3)cc([N+](=O)[O-])c2)n1.O. The van der Waals surface area contributed by atoms with Crippen molar-refractivity contribution in [2.45, 2.75) is 75.8 Å². The van der Waals surface area contributed by atoms with Crippen LogP contribution in [0.25, 0.3) is 135 Å². The van der Waals surface area contributed by atoms with E-state index < -0.39 is 19.7 Å². The first-order valence-corrected chi connectivity index (χ1v) is 51.2. The Morgan fingerprint density at radius 1 is 0.380 bits per heavy atom. The molecule has 0 spiro atoms. The van der Waals surface area contributed by atoms with Gasteiger partial charge in [0.1, 0.15) is 39.0 Å². The van der Waals surface area contributed by atoms with E-state index in [4.69, 9.17) is 0 Å². The van der Waals surface area contributed by atoms with Gasteiger partial charge in [-0.2, -0.15) is 20.8 Å². The fraction of sp³-hybridized carbons (Fsp3) is 0.148. The van der Waals surface area contributed by atoms with Crippen molar-refractivity contribution in [1.82, 2.24) is 64.9 Å². The molecule has 42 heteroatoms. The van der Waals surface area contributed by atoms with Gasteiger partial charge in [0, 0.05) is 150 Å². The molecule has 150 heavy (non-hydrogen) atoms. The summed E-state index contributed by atoms with van der Waals surface area (Å²) in [6, 6.07) is 74.0. The van der Waals surface area contributed by atoms with E-state index in [2.05, 4.69) is 119 Å². The number of aryl methyl sites for hydroxylation is 2. The standard InChI is InChI=1S/C26H20N4O3S.C21H19N5O2S.C21H18N4O3S.C20H17N5O3S.C20H16N4O3S.H2O/c1-16(31)15-34-26-27-25(28-29-26)21-11-20(12-22(13-21)30(32)33)19-8-7-18-9-10-23(24(18)14-19)17-5-3-2-4-6-17;1-13(27)12-29-21-11-20(24-25-21)17-8-16(9-18(10-17)26-28)14-2-4-15(5-3-14)19-6-7-22-23-19;1-13(26)12-29-21-11-19(22-23-21)17-7-16(8-18(9-17)25(27)28)15-4-3-14-5-6-24(2)20(14)10-15;1-12(26)11-29-20-21-19(22-23-20)16-8-15(9-17(10-16)25(27)28)13-3-4-18-14(7-13)5-6-24(18)2;1-12(25)11-28-20-21-19(22-23-20)17-8-16(9-18(10-17)24(26)27)15-6-5-13-3-2-4-14(13)7-15;/h2-8,10-14H,9,15H2,1H3,(H,27,28,29);2-10,26,28H,11-12H2,1H3,(H,22,23);3-10H,11-12H2,1-2H3;3-10H,11H2,1-2H3,(H,21,22,23);2,4-10H,3,11H2,1H3,(H,21,22,23);1H2/p+1. The zero-order chi connectivity index (χ0) is 105. The molecule has 21 rings (SSSR count). The number of benzene rings is 11. The third kappa shape index (κ3) is 26.5. The average Bonchev–Trinajstić information content (AvgIpc) is 1.60. The van der Waals surface area contributed by atoms with E-state index in [9.17, 15) is 69.6 Å². The molecule has 8 heterocycles. The molecule has 6 aromatic heterocycles. The Morgan fingerprint density at radius 2 is 0.787 bits per heavy atom. The van der Waals surface area contributed by atoms with Gasteiger partial charge < -0.3 is 14.6 Å². The quantitative estimate of drug-likeness (QED) is 0.0105. The molecule has 0 radical (unpaired) electrons. The van der Waals surface area contributed by atoms with Crippen molar-refractivity contribution < 1.29 is 59.8 Å². The number of thioether (sulfide) groups is 5. The topological polar surface area (TPSA) is 539 Å². The molecular weight excluding hydrogens is 2010 g/mol. The number of nitrogens with one attached hydrogen (secondary N) is 4. The second-order valence-electron chi connectivity index (χ2n) is 34.9. The van der Waals surface area contributed by atoms with E-state index in [1.165, 1.54) is 127 Å². The van der Waals surface area contributed by atoms with Crippen molar-refractivity contribution in [3.05, 3.63) is 347 Å². The maximum Gasteiger partial charge on any atom is 0.270 e. The molecule has 0 unspecified atom stereocenters. The monoisotopic (exact) mass is 2100 g/mol. The molecule has 754 valence electrons. The summed E-state index contributed by atoms with van der Waals surface area (Å²) in [5.41, 5.74) is 26.2. The zero-order valence-electron chi connectivity index (χ0n) is 81.3. The highest BCUT2D eigenvalue weighted by molar-refractivity contribution is 8.14. The number of carbonyl (C=O) groups excluding carboxylic acids is 5. The first-order chi connectivity index (χ1) is 71.9. The Kier molecular flexibility index (Phi) is 33.8. The smallest absolute Gasteiger partial charge is 0.270 e. The second-order valence-corrected chi connectivity index (χ2v) is 39.8. The summed E-state index contributed by atoms with van der Waals surface area (Å²) in [6.07, 6.45) is 14.9. The number of Topliss-reactive ketones (excluding diaryl/α,β-unsaturated/α-hetero) is 5. The molecule has 37 nitrogen and oxygen atoms in total. The van der Waals surface area contributed by atoms with Crippen LogP contribution < -0.4 is 5.48 Å². The zero-order valence-corrected chi connectivity index (χ0v) is 85.4. The molecule has 2 aliphatic heterocycles. The number of aromatic amines is 4. The van der Waals surface area contributed by atoms with E-state index in [0.29, 0.717) is 96.5 Å². The van der Waals surface area contributed by atoms with Gasteiger partial charge >= 0.3 is 0 Å². The fourth-order valence-corrected chi connectivity index (χ4v) is 19.7. The van der Waals surface area contributed by atoms with Crippen LogP contribution in [-0.4, -0.2) is 174 Å². The van der Waals surface area contributed by atoms with E-state index in [1.54, 1.807) is 37.4 Å². The molecule has 0 saturated carbocycles. The van der Waals surface area contributed by atoms with Gasteiger partial charge in [-0.25, -0.2) is 20.2 Å². The predicted octanol–water partition coefficient (Wildman–Crippen LogP) is 21.1. The summed E-state index contributed by atoms with van der Waals surface area (Å²) in [5.74, 6) is 3.09. The first kappa shape index (κ1) is 106. The van der Waals surface area contributed by atoms with Crippen LogP contribution in [0.4, 0.5) is 28.4 Å². The lowest BCUT2D eigenvalue weighted by Crippen LogP contribution is -2.73. The molecule has 0 fully saturated rings. The van der Waals surface area contributed by atoms with Gasteiger partial charge in [0.05, 0.1) is 65.6 Å². The normalized spacial score (nSPS) is 12.4. The maximum atomic E-state index is 11.7. The Balaban J connectivity index is 0.000000133. The Labute approximate surface area is 876 Å². The maximum absolute atomic E-state index is 11.7. The number of quaternary nitrogens is 1. The van der Waals surface area contributed by atoms with Crippen molar-refractivity contribution in [1.29, 1.82) is 0 Å². The lowest BCUT2D eigenvalue weighted by molar-refractivity contribution is -0.825. The molecule has 0 atom stereocenters. The van der Waals surface area contributed by atoms with Crippen LogP contribution in [0.15, 0.2) is 303 Å². The van der Waals surface area contributed by atoms with E-state index >= 15 is 0 Å². The van der Waals surface area contributed by atoms with Crippen LogP contribution in [0.3, 0.4) is 0 Å². The van der Waals surface area contributed by atoms with Crippen LogP contribution in [0.2, 0.25) is 0 Å². The van der Waals surface area contributed by atoms with Gasteiger partial charge in [0.2, 0.25) is 15.5 Å². The Hall–Kier alpha value is -17.1. The number of ketones is 5. The van der Waals surface area contributed by atoms with Gasteiger partial charge in [-0.1, -0.05) is 151 Å². The fourth-order valence-electron chi connectivity index (χ4n) is 16.5. The highest BCUT2D eigenvalue weighted by Gasteiger charge is 2.27. The molecule has 0 saturated heterocycles. The first-order valence-electron chi connectivity index (χ1n) is 46.3. The molecule has 17 aromatic rings. The number of fused-ring (bicyclic) bond motifs is 4. The Bertz CT molecular complexity index is 8330. The second kappa shape index (κ2) is 48.0. The van der Waals surface area contributed by atoms with Crippen molar-refractivity contribution in [3.63, 3.8) is 0 Å². The number of H-pyrrole nitrogens is 4. The van der Waals surface area contributed by atoms with Gasteiger partial charge in [-0.15, -0.1) is 49.0 Å². The predicted molar refractivity (Wildman–Crippen MR) is 587 cm³/mol. The van der Waals surface area contributed by atoms with Crippen molar-refractivity contribution >= 4 is 171 Å². The van der Waals surface area contributed by atoms with Crippen molar-refractivity contribution in [2.75, 3.05) is 28.8 Å². The third-order valence-electron chi connectivity index (χ3n) is 23.7. The lowest BCUT2D eigenvalue weighted by atomic mass is 9.94. The molecule has 4 aliphatic rings. The van der Waals surface area contributed by atoms with Gasteiger partial charge in [-0.05, 0) is 226 Å². The van der Waals surface area contributed by atoms with Crippen LogP contribution in [0.5, 0.6) is 0 Å². The summed E-state index contributed by atoms with van der Waals surface area (Å²) < 4.78 is 4.04. The number of nitrogens with two attached hydrogens (primary N) is 1. The number of carbonyl (C=O) groups is 5. The molecular formula is C108H93N22O15S5+. The summed E-state index contributed by atoms with van der Waals surface area (Å²) in [6.45, 7) is 7.59. The summed E-state index contributed by atoms with van der Waals surface area (Å²) in [4.78, 5) is 113. The molecule has 2 aliphatic carbocycles. The number of hydrogen-bond donors (Lipinski definition) is 6. The van der Waals surface area contributed by atoms with E-state index in [0.717, 1.165) is 140 Å². The van der Waals surface area contributed by atoms with Crippen LogP contribution in [-0.2, 0) is 50.9 Å². The van der Waals surface area contributed by atoms with Crippen LogP contribution in [0.1, 0.15) is 86.4 Å².